The molecule has 0 aliphatic carbocycles. The fourth-order valence-electron chi connectivity index (χ4n) is 3.63. The molecular formula is C26H20Br2FN5O5. The van der Waals surface area contributed by atoms with Crippen LogP contribution in [0.3, 0.4) is 0 Å². The lowest BCUT2D eigenvalue weighted by Gasteiger charge is -2.12. The zero-order valence-corrected chi connectivity index (χ0v) is 23.7. The molecule has 1 amide bonds. The van der Waals surface area contributed by atoms with Gasteiger partial charge in [-0.05, 0) is 58.4 Å². The second-order valence-electron chi connectivity index (χ2n) is 8.60. The highest BCUT2D eigenvalue weighted by Gasteiger charge is 2.21. The van der Waals surface area contributed by atoms with Crippen molar-refractivity contribution in [3.05, 3.63) is 101 Å². The van der Waals surface area contributed by atoms with Crippen molar-refractivity contribution >= 4 is 66.3 Å². The van der Waals surface area contributed by atoms with Gasteiger partial charge in [-0.3, -0.25) is 19.7 Å². The number of carbonyl (C=O) groups excluding carboxylic acids is 1. The molecule has 200 valence electrons. The fraction of sp³-hybridized carbons (Fsp3) is 0.154. The Morgan fingerprint density at radius 3 is 2.69 bits per heavy atom. The molecule has 0 bridgehead atoms. The predicted molar refractivity (Wildman–Crippen MR) is 152 cm³/mol. The molecule has 0 fully saturated rings. The van der Waals surface area contributed by atoms with E-state index in [0.29, 0.717) is 26.8 Å². The summed E-state index contributed by atoms with van der Waals surface area (Å²) >= 11 is 6.61. The van der Waals surface area contributed by atoms with E-state index in [1.807, 2.05) is 13.8 Å². The number of aromatic nitrogens is 2. The molecule has 0 aliphatic rings. The Bertz CT molecular complexity index is 1690. The third-order valence-electron chi connectivity index (χ3n) is 5.37. The van der Waals surface area contributed by atoms with Gasteiger partial charge in [-0.25, -0.2) is 9.37 Å². The number of nitrogens with one attached hydrogen (secondary N) is 1. The van der Waals surface area contributed by atoms with E-state index >= 15 is 0 Å². The number of rotatable bonds is 8. The van der Waals surface area contributed by atoms with Crippen LogP contribution in [-0.4, -0.2) is 33.3 Å². The van der Waals surface area contributed by atoms with Gasteiger partial charge in [0, 0.05) is 27.7 Å². The Morgan fingerprint density at radius 2 is 2.00 bits per heavy atom. The van der Waals surface area contributed by atoms with E-state index < -0.39 is 28.9 Å². The average molecular weight is 661 g/mol. The Morgan fingerprint density at radius 1 is 1.23 bits per heavy atom. The van der Waals surface area contributed by atoms with E-state index in [2.05, 4.69) is 47.3 Å². The van der Waals surface area contributed by atoms with Gasteiger partial charge in [0.15, 0.2) is 6.61 Å². The van der Waals surface area contributed by atoms with Crippen molar-refractivity contribution in [1.29, 1.82) is 0 Å². The maximum Gasteiger partial charge on any atom is 0.312 e. The fourth-order valence-corrected chi connectivity index (χ4v) is 4.57. The Kier molecular flexibility index (Phi) is 8.51. The monoisotopic (exact) mass is 659 g/mol. The van der Waals surface area contributed by atoms with Crippen molar-refractivity contribution in [2.75, 3.05) is 11.9 Å². The van der Waals surface area contributed by atoms with Gasteiger partial charge < -0.3 is 10.1 Å². The molecule has 1 N–H and O–H groups in total. The third kappa shape index (κ3) is 6.55. The van der Waals surface area contributed by atoms with E-state index in [1.54, 1.807) is 18.2 Å². The molecule has 0 unspecified atom stereocenters. The van der Waals surface area contributed by atoms with Crippen LogP contribution >= 0.6 is 31.9 Å². The molecule has 3 aromatic carbocycles. The number of halogens is 3. The van der Waals surface area contributed by atoms with Crippen molar-refractivity contribution in [2.45, 2.75) is 19.8 Å². The number of carbonyl (C=O) groups is 1. The molecule has 1 aromatic heterocycles. The molecule has 0 saturated heterocycles. The van der Waals surface area contributed by atoms with Gasteiger partial charge in [0.25, 0.3) is 11.5 Å². The smallest absolute Gasteiger partial charge is 0.312 e. The minimum atomic E-state index is -0.664. The second kappa shape index (κ2) is 11.8. The van der Waals surface area contributed by atoms with Crippen LogP contribution in [0.1, 0.15) is 31.2 Å². The van der Waals surface area contributed by atoms with E-state index in [-0.39, 0.29) is 27.4 Å². The first kappa shape index (κ1) is 28.0. The van der Waals surface area contributed by atoms with Gasteiger partial charge in [-0.1, -0.05) is 35.8 Å². The van der Waals surface area contributed by atoms with Crippen molar-refractivity contribution < 1.29 is 18.8 Å². The molecule has 0 atom stereocenters. The summed E-state index contributed by atoms with van der Waals surface area (Å²) in [5.41, 5.74) is 0.219. The molecule has 4 rings (SSSR count). The number of nitro benzene ring substituents is 1. The maximum atomic E-state index is 13.3. The lowest BCUT2D eigenvalue weighted by atomic mass is 10.2. The van der Waals surface area contributed by atoms with Gasteiger partial charge >= 0.3 is 5.69 Å². The van der Waals surface area contributed by atoms with Gasteiger partial charge in [0.2, 0.25) is 5.75 Å². The Balaban J connectivity index is 1.63. The molecule has 10 nitrogen and oxygen atoms in total. The zero-order valence-electron chi connectivity index (χ0n) is 20.5. The van der Waals surface area contributed by atoms with Gasteiger partial charge in [0.05, 0.1) is 26.5 Å². The number of ether oxygens (including phenoxy) is 1. The largest absolute Gasteiger partial charge is 0.476 e. The Hall–Kier alpha value is -3.97. The van der Waals surface area contributed by atoms with Gasteiger partial charge in [-0.15, -0.1) is 0 Å². The number of anilines is 1. The van der Waals surface area contributed by atoms with Crippen LogP contribution in [0.2, 0.25) is 0 Å². The number of benzene rings is 3. The Labute approximate surface area is 237 Å². The molecular weight excluding hydrogens is 641 g/mol. The lowest BCUT2D eigenvalue weighted by molar-refractivity contribution is -0.385. The van der Waals surface area contributed by atoms with Crippen LogP contribution in [0.25, 0.3) is 10.9 Å². The summed E-state index contributed by atoms with van der Waals surface area (Å²) in [6.45, 7) is 3.18. The summed E-state index contributed by atoms with van der Waals surface area (Å²) in [5.74, 6) is -1.06. The summed E-state index contributed by atoms with van der Waals surface area (Å²) in [7, 11) is 0. The van der Waals surface area contributed by atoms with Crippen LogP contribution < -0.4 is 15.6 Å². The lowest BCUT2D eigenvalue weighted by Crippen LogP contribution is -2.23. The maximum absolute atomic E-state index is 13.3. The standard InChI is InChI=1S/C26H20Br2FN5O5/c1-14(2)25-32-21-7-6-16(27)10-19(21)26(36)33(25)30-12-15-8-20(28)24(22(9-15)34(37)38)39-13-23(35)31-18-5-3-4-17(29)11-18/h3-12,14H,13H2,1-2H3,(H,31,35). The van der Waals surface area contributed by atoms with Crippen molar-refractivity contribution in [1.82, 2.24) is 9.66 Å². The summed E-state index contributed by atoms with van der Waals surface area (Å²) < 4.78 is 20.8. The minimum absolute atomic E-state index is 0.140. The molecule has 1 heterocycles. The molecule has 0 spiro atoms. The SMILES string of the molecule is CC(C)c1nc2ccc(Br)cc2c(=O)n1N=Cc1cc(Br)c(OCC(=O)Nc2cccc(F)c2)c([N+](=O)[O-])c1. The normalized spacial score (nSPS) is 11.3. The van der Waals surface area contributed by atoms with Crippen molar-refractivity contribution in [3.8, 4) is 5.75 Å². The van der Waals surface area contributed by atoms with Gasteiger partial charge in [-0.2, -0.15) is 9.78 Å². The number of hydrogen-bond acceptors (Lipinski definition) is 7. The van der Waals surface area contributed by atoms with Crippen LogP contribution in [-0.2, 0) is 4.79 Å². The van der Waals surface area contributed by atoms with Crippen LogP contribution in [0, 0.1) is 15.9 Å². The zero-order chi connectivity index (χ0) is 28.3. The highest BCUT2D eigenvalue weighted by atomic mass is 79.9. The topological polar surface area (TPSA) is 129 Å². The number of fused-ring (bicyclic) bond motifs is 1. The first-order chi connectivity index (χ1) is 18.5. The van der Waals surface area contributed by atoms with Crippen LogP contribution in [0.5, 0.6) is 5.75 Å². The number of nitrogens with zero attached hydrogens (tertiary/aromatic N) is 4. The highest BCUT2D eigenvalue weighted by Crippen LogP contribution is 2.36. The number of amides is 1. The molecule has 0 radical (unpaired) electrons. The second-order valence-corrected chi connectivity index (χ2v) is 10.4. The minimum Gasteiger partial charge on any atom is -0.476 e. The quantitative estimate of drug-likeness (QED) is 0.140. The first-order valence-electron chi connectivity index (χ1n) is 11.5. The first-order valence-corrected chi connectivity index (χ1v) is 13.0. The number of nitro groups is 1. The van der Waals surface area contributed by atoms with Crippen molar-refractivity contribution in [3.63, 3.8) is 0 Å². The highest BCUT2D eigenvalue weighted by molar-refractivity contribution is 9.10. The van der Waals surface area contributed by atoms with E-state index in [4.69, 9.17) is 4.74 Å². The van der Waals surface area contributed by atoms with E-state index in [0.717, 1.165) is 6.07 Å². The van der Waals surface area contributed by atoms with E-state index in [9.17, 15) is 24.1 Å². The molecule has 39 heavy (non-hydrogen) atoms. The van der Waals surface area contributed by atoms with Crippen molar-refractivity contribution in [2.24, 2.45) is 5.10 Å². The summed E-state index contributed by atoms with van der Waals surface area (Å²) in [6, 6.07) is 13.2. The third-order valence-corrected chi connectivity index (χ3v) is 6.45. The summed E-state index contributed by atoms with van der Waals surface area (Å²) in [5, 5.41) is 18.9. The molecule has 0 saturated carbocycles. The van der Waals surface area contributed by atoms with Crippen LogP contribution in [0.4, 0.5) is 15.8 Å². The van der Waals surface area contributed by atoms with E-state index in [1.165, 1.54) is 41.2 Å². The van der Waals surface area contributed by atoms with Gasteiger partial charge in [0.1, 0.15) is 11.6 Å². The average Bonchev–Trinajstić information content (AvgIpc) is 2.87. The molecule has 13 heteroatoms. The molecule has 0 aliphatic heterocycles. The number of hydrogen-bond donors (Lipinski definition) is 1. The predicted octanol–water partition coefficient (Wildman–Crippen LogP) is 5.99. The van der Waals surface area contributed by atoms with Crippen LogP contribution in [0.15, 0.2) is 73.4 Å². The molecule has 4 aromatic rings. The summed E-state index contributed by atoms with van der Waals surface area (Å²) in [4.78, 5) is 41.2. The summed E-state index contributed by atoms with van der Waals surface area (Å²) in [6.07, 6.45) is 1.30.